The van der Waals surface area contributed by atoms with E-state index in [2.05, 4.69) is 40.5 Å². The minimum absolute atomic E-state index is 0.0839. The van der Waals surface area contributed by atoms with Gasteiger partial charge in [-0.2, -0.15) is 0 Å². The first-order chi connectivity index (χ1) is 18.9. The molecule has 0 saturated heterocycles. The molecule has 3 heterocycles. The molecule has 39 heavy (non-hydrogen) atoms. The van der Waals surface area contributed by atoms with Gasteiger partial charge in [0.05, 0.1) is 33.5 Å². The fourth-order valence-electron chi connectivity index (χ4n) is 4.77. The van der Waals surface area contributed by atoms with Gasteiger partial charge >= 0.3 is 5.97 Å². The van der Waals surface area contributed by atoms with Crippen LogP contribution < -0.4 is 14.2 Å². The van der Waals surface area contributed by atoms with Crippen LogP contribution in [0.1, 0.15) is 45.2 Å². The molecule has 0 spiro atoms. The van der Waals surface area contributed by atoms with Gasteiger partial charge < -0.3 is 19.3 Å². The summed E-state index contributed by atoms with van der Waals surface area (Å²) >= 11 is 1.58. The van der Waals surface area contributed by atoms with Crippen LogP contribution in [0.25, 0.3) is 5.00 Å². The Morgan fingerprint density at radius 2 is 1.64 bits per heavy atom. The maximum absolute atomic E-state index is 11.2. The molecule has 0 saturated carbocycles. The summed E-state index contributed by atoms with van der Waals surface area (Å²) in [5.74, 6) is 2.63. The van der Waals surface area contributed by atoms with E-state index in [-0.39, 0.29) is 6.42 Å². The standard InChI is InChI=1S/C29H30N4O5S/c1-17-31-32-25-16-30-27(22-15-21(11-12-26(34)35)39-29(22)33(17)25)20-9-7-18(8-10-20)5-6-19-13-23(36-2)28(38-4)24(14-19)37-3/h7-10,13-15H,5-6,11-12,16H2,1-4H3,(H,34,35). The van der Waals surface area contributed by atoms with Gasteiger partial charge in [-0.15, -0.1) is 21.5 Å². The van der Waals surface area contributed by atoms with Crippen molar-refractivity contribution in [3.63, 3.8) is 0 Å². The van der Waals surface area contributed by atoms with E-state index < -0.39 is 5.97 Å². The zero-order chi connectivity index (χ0) is 27.5. The molecule has 0 unspecified atom stereocenters. The number of hydrogen-bond acceptors (Lipinski definition) is 8. The van der Waals surface area contributed by atoms with Gasteiger partial charge in [-0.1, -0.05) is 24.3 Å². The van der Waals surface area contributed by atoms with Crippen LogP contribution in [-0.4, -0.2) is 52.9 Å². The van der Waals surface area contributed by atoms with Crippen LogP contribution in [0, 0.1) is 6.92 Å². The molecular formula is C29H30N4O5S. The van der Waals surface area contributed by atoms with E-state index in [9.17, 15) is 9.90 Å². The molecule has 1 aliphatic rings. The highest BCUT2D eigenvalue weighted by molar-refractivity contribution is 7.15. The number of aryl methyl sites for hydroxylation is 4. The van der Waals surface area contributed by atoms with E-state index in [1.165, 1.54) is 5.56 Å². The summed E-state index contributed by atoms with van der Waals surface area (Å²) in [5, 5.41) is 18.7. The predicted octanol–water partition coefficient (Wildman–Crippen LogP) is 4.82. The average Bonchev–Trinajstić information content (AvgIpc) is 3.49. The van der Waals surface area contributed by atoms with Gasteiger partial charge in [0, 0.05) is 16.0 Å². The molecule has 2 aromatic carbocycles. The number of hydrogen-bond donors (Lipinski definition) is 1. The van der Waals surface area contributed by atoms with Crippen LogP contribution in [0.2, 0.25) is 0 Å². The smallest absolute Gasteiger partial charge is 0.303 e. The van der Waals surface area contributed by atoms with Gasteiger partial charge in [0.15, 0.2) is 17.3 Å². The lowest BCUT2D eigenvalue weighted by Crippen LogP contribution is -2.05. The molecule has 0 radical (unpaired) electrons. The van der Waals surface area contributed by atoms with Gasteiger partial charge in [-0.3, -0.25) is 14.4 Å². The fourth-order valence-corrected chi connectivity index (χ4v) is 6.00. The highest BCUT2D eigenvalue weighted by Gasteiger charge is 2.24. The van der Waals surface area contributed by atoms with E-state index >= 15 is 0 Å². The Morgan fingerprint density at radius 1 is 0.949 bits per heavy atom. The van der Waals surface area contributed by atoms with Crippen LogP contribution in [0.15, 0.2) is 47.5 Å². The summed E-state index contributed by atoms with van der Waals surface area (Å²) < 4.78 is 18.4. The molecule has 1 N–H and O–H groups in total. The molecule has 4 aromatic rings. The second-order valence-electron chi connectivity index (χ2n) is 9.22. The number of ether oxygens (including phenoxy) is 3. The zero-order valence-corrected chi connectivity index (χ0v) is 23.2. The largest absolute Gasteiger partial charge is 0.493 e. The molecule has 2 aromatic heterocycles. The number of nitrogens with zero attached hydrogens (tertiary/aromatic N) is 4. The first-order valence-corrected chi connectivity index (χ1v) is 13.4. The summed E-state index contributed by atoms with van der Waals surface area (Å²) in [7, 11) is 4.84. The molecule has 9 nitrogen and oxygen atoms in total. The minimum atomic E-state index is -0.809. The number of thiophene rings is 1. The molecule has 0 bridgehead atoms. The van der Waals surface area contributed by atoms with Gasteiger partial charge in [0.25, 0.3) is 0 Å². The Hall–Kier alpha value is -4.18. The number of carboxylic acids is 1. The zero-order valence-electron chi connectivity index (χ0n) is 22.4. The van der Waals surface area contributed by atoms with E-state index in [1.807, 2.05) is 23.6 Å². The van der Waals surface area contributed by atoms with E-state index in [4.69, 9.17) is 19.2 Å². The molecule has 0 aliphatic carbocycles. The van der Waals surface area contributed by atoms with Crippen molar-refractivity contribution in [1.29, 1.82) is 0 Å². The molecule has 10 heteroatoms. The Kier molecular flexibility index (Phi) is 7.65. The van der Waals surface area contributed by atoms with Gasteiger partial charge in [0.1, 0.15) is 17.4 Å². The van der Waals surface area contributed by atoms with E-state index in [1.54, 1.807) is 32.7 Å². The molecule has 0 fully saturated rings. The molecular weight excluding hydrogens is 516 g/mol. The third-order valence-electron chi connectivity index (χ3n) is 6.73. The van der Waals surface area contributed by atoms with Crippen molar-refractivity contribution >= 4 is 23.0 Å². The highest BCUT2D eigenvalue weighted by Crippen LogP contribution is 2.38. The van der Waals surface area contributed by atoms with Crippen molar-refractivity contribution in [2.75, 3.05) is 21.3 Å². The van der Waals surface area contributed by atoms with E-state index in [0.717, 1.165) is 56.8 Å². The molecule has 5 rings (SSSR count). The lowest BCUT2D eigenvalue weighted by Gasteiger charge is -2.14. The Bertz CT molecular complexity index is 1510. The second-order valence-corrected chi connectivity index (χ2v) is 10.3. The van der Waals surface area contributed by atoms with Gasteiger partial charge in [-0.25, -0.2) is 0 Å². The SMILES string of the molecule is COc1cc(CCc2ccc(C3=NCc4nnc(C)n4-c4sc(CCC(=O)O)cc43)cc2)cc(OC)c1OC. The van der Waals surface area contributed by atoms with Crippen molar-refractivity contribution < 1.29 is 24.1 Å². The number of benzene rings is 2. The second kappa shape index (κ2) is 11.3. The first-order valence-electron chi connectivity index (χ1n) is 12.6. The lowest BCUT2D eigenvalue weighted by molar-refractivity contribution is -0.136. The number of methoxy groups -OCH3 is 3. The van der Waals surface area contributed by atoms with E-state index in [0.29, 0.717) is 30.2 Å². The summed E-state index contributed by atoms with van der Waals surface area (Å²) in [6, 6.07) is 14.5. The Balaban J connectivity index is 1.39. The first kappa shape index (κ1) is 26.4. The minimum Gasteiger partial charge on any atom is -0.493 e. The predicted molar refractivity (Wildman–Crippen MR) is 149 cm³/mol. The maximum Gasteiger partial charge on any atom is 0.303 e. The van der Waals surface area contributed by atoms with Crippen molar-refractivity contribution in [2.24, 2.45) is 4.99 Å². The highest BCUT2D eigenvalue weighted by atomic mass is 32.1. The molecule has 0 atom stereocenters. The van der Waals surface area contributed by atoms with Crippen LogP contribution in [0.3, 0.4) is 0 Å². The Labute approximate surface area is 230 Å². The number of carbonyl (C=O) groups is 1. The average molecular weight is 547 g/mol. The molecule has 0 amide bonds. The summed E-state index contributed by atoms with van der Waals surface area (Å²) in [6.45, 7) is 2.34. The third kappa shape index (κ3) is 5.37. The van der Waals surface area contributed by atoms with Crippen molar-refractivity contribution in [1.82, 2.24) is 14.8 Å². The molecule has 202 valence electrons. The summed E-state index contributed by atoms with van der Waals surface area (Å²) in [4.78, 5) is 17.1. The summed E-state index contributed by atoms with van der Waals surface area (Å²) in [6.07, 6.45) is 2.21. The van der Waals surface area contributed by atoms with Crippen LogP contribution in [-0.2, 0) is 30.6 Å². The van der Waals surface area contributed by atoms with Crippen LogP contribution >= 0.6 is 11.3 Å². The van der Waals surface area contributed by atoms with Crippen molar-refractivity contribution in [3.8, 4) is 22.2 Å². The van der Waals surface area contributed by atoms with Crippen LogP contribution in [0.4, 0.5) is 0 Å². The normalized spacial score (nSPS) is 12.3. The Morgan fingerprint density at radius 3 is 2.28 bits per heavy atom. The number of aromatic nitrogens is 3. The molecule has 1 aliphatic heterocycles. The fraction of sp³-hybridized carbons (Fsp3) is 0.310. The topological polar surface area (TPSA) is 108 Å². The number of aliphatic carboxylic acids is 1. The van der Waals surface area contributed by atoms with Gasteiger partial charge in [0.2, 0.25) is 5.75 Å². The lowest BCUT2D eigenvalue weighted by atomic mass is 9.99. The number of fused-ring (bicyclic) bond motifs is 3. The summed E-state index contributed by atoms with van der Waals surface area (Å²) in [5.41, 5.74) is 5.15. The third-order valence-corrected chi connectivity index (χ3v) is 7.91. The van der Waals surface area contributed by atoms with Gasteiger partial charge in [-0.05, 0) is 55.5 Å². The quantitative estimate of drug-likeness (QED) is 0.304. The van der Waals surface area contributed by atoms with Crippen molar-refractivity contribution in [3.05, 3.63) is 81.2 Å². The number of rotatable bonds is 10. The van der Waals surface area contributed by atoms with Crippen LogP contribution in [0.5, 0.6) is 17.2 Å². The number of aliphatic imine (C=N–C) groups is 1. The number of carboxylic acid groups (broad SMARTS) is 1. The maximum atomic E-state index is 11.2. The van der Waals surface area contributed by atoms with Crippen molar-refractivity contribution in [2.45, 2.75) is 39.2 Å². The monoisotopic (exact) mass is 546 g/mol.